The van der Waals surface area contributed by atoms with Crippen molar-refractivity contribution in [1.29, 1.82) is 0 Å². The van der Waals surface area contributed by atoms with E-state index in [1.165, 1.54) is 4.90 Å². The first-order valence-corrected chi connectivity index (χ1v) is 7.42. The van der Waals surface area contributed by atoms with Crippen LogP contribution in [0.1, 0.15) is 23.2 Å². The van der Waals surface area contributed by atoms with E-state index in [9.17, 15) is 9.59 Å². The fourth-order valence-electron chi connectivity index (χ4n) is 2.29. The molecule has 1 aliphatic rings. The largest absolute Gasteiger partial charge is 0.352 e. The van der Waals surface area contributed by atoms with Crippen molar-refractivity contribution in [2.45, 2.75) is 18.9 Å². The van der Waals surface area contributed by atoms with Crippen LogP contribution in [0.3, 0.4) is 0 Å². The van der Waals surface area contributed by atoms with E-state index in [2.05, 4.69) is 5.32 Å². The van der Waals surface area contributed by atoms with Gasteiger partial charge in [0, 0.05) is 36.7 Å². The highest BCUT2D eigenvalue weighted by molar-refractivity contribution is 5.96. The zero-order valence-corrected chi connectivity index (χ0v) is 12.5. The van der Waals surface area contributed by atoms with Crippen molar-refractivity contribution in [2.24, 2.45) is 0 Å². The summed E-state index contributed by atoms with van der Waals surface area (Å²) in [5.74, 6) is -0.243. The van der Waals surface area contributed by atoms with Crippen molar-refractivity contribution in [3.05, 3.63) is 54.4 Å². The van der Waals surface area contributed by atoms with E-state index in [1.54, 1.807) is 19.2 Å². The summed E-state index contributed by atoms with van der Waals surface area (Å²) in [4.78, 5) is 25.5. The highest BCUT2D eigenvalue weighted by Crippen LogP contribution is 2.18. The number of rotatable bonds is 5. The Morgan fingerprint density at radius 2 is 1.82 bits per heavy atom. The highest BCUT2D eigenvalue weighted by atomic mass is 16.2. The molecule has 22 heavy (non-hydrogen) atoms. The number of hydrogen-bond acceptors (Lipinski definition) is 2. The third-order valence-electron chi connectivity index (χ3n) is 3.69. The lowest BCUT2D eigenvalue weighted by atomic mass is 10.2. The second-order valence-electron chi connectivity index (χ2n) is 5.64. The molecule has 1 N–H and O–H groups in total. The fraction of sp³-hybridized carbons (Fsp3) is 0.294. The molecule has 0 atom stereocenters. The Balaban J connectivity index is 1.62. The molecule has 2 amide bonds. The average molecular weight is 297 g/mol. The van der Waals surface area contributed by atoms with Gasteiger partial charge < -0.3 is 14.8 Å². The van der Waals surface area contributed by atoms with Crippen molar-refractivity contribution >= 4 is 11.8 Å². The zero-order chi connectivity index (χ0) is 15.5. The molecule has 5 nitrogen and oxygen atoms in total. The molecule has 1 saturated carbocycles. The quantitative estimate of drug-likeness (QED) is 0.915. The SMILES string of the molecule is CN(CC(=O)NC1CC1)C(=O)c1ccc(-n2cccc2)cc1. The molecule has 0 bridgehead atoms. The van der Waals surface area contributed by atoms with Crippen LogP contribution in [-0.2, 0) is 4.79 Å². The Labute approximate surface area is 129 Å². The van der Waals surface area contributed by atoms with Gasteiger partial charge in [-0.2, -0.15) is 0 Å². The Morgan fingerprint density at radius 3 is 2.41 bits per heavy atom. The third-order valence-corrected chi connectivity index (χ3v) is 3.69. The van der Waals surface area contributed by atoms with Crippen molar-refractivity contribution in [3.8, 4) is 5.69 Å². The maximum absolute atomic E-state index is 12.3. The number of nitrogens with zero attached hydrogens (tertiary/aromatic N) is 2. The van der Waals surface area contributed by atoms with Crippen LogP contribution in [-0.4, -0.2) is 40.9 Å². The van der Waals surface area contributed by atoms with Gasteiger partial charge in [-0.05, 0) is 49.2 Å². The van der Waals surface area contributed by atoms with Crippen molar-refractivity contribution in [1.82, 2.24) is 14.8 Å². The van der Waals surface area contributed by atoms with Gasteiger partial charge in [0.2, 0.25) is 5.91 Å². The van der Waals surface area contributed by atoms with Gasteiger partial charge in [0.15, 0.2) is 0 Å². The number of nitrogens with one attached hydrogen (secondary N) is 1. The molecule has 114 valence electrons. The summed E-state index contributed by atoms with van der Waals surface area (Å²) in [6.07, 6.45) is 5.99. The minimum Gasteiger partial charge on any atom is -0.352 e. The average Bonchev–Trinajstić information content (AvgIpc) is 3.16. The number of hydrogen-bond donors (Lipinski definition) is 1. The van der Waals surface area contributed by atoms with Crippen LogP contribution >= 0.6 is 0 Å². The van der Waals surface area contributed by atoms with Crippen LogP contribution in [0, 0.1) is 0 Å². The van der Waals surface area contributed by atoms with E-state index in [1.807, 2.05) is 41.2 Å². The predicted molar refractivity (Wildman–Crippen MR) is 83.9 cm³/mol. The molecule has 1 heterocycles. The highest BCUT2D eigenvalue weighted by Gasteiger charge is 2.24. The molecule has 1 fully saturated rings. The first-order chi connectivity index (χ1) is 10.6. The lowest BCUT2D eigenvalue weighted by molar-refractivity contribution is -0.121. The molecule has 1 aromatic carbocycles. The summed E-state index contributed by atoms with van der Waals surface area (Å²) in [5, 5.41) is 2.88. The minimum absolute atomic E-state index is 0.0919. The summed E-state index contributed by atoms with van der Waals surface area (Å²) in [6.45, 7) is 0.0919. The molecular weight excluding hydrogens is 278 g/mol. The van der Waals surface area contributed by atoms with Crippen LogP contribution in [0.4, 0.5) is 0 Å². The number of amides is 2. The maximum Gasteiger partial charge on any atom is 0.254 e. The van der Waals surface area contributed by atoms with E-state index >= 15 is 0 Å². The number of carbonyl (C=O) groups is 2. The first-order valence-electron chi connectivity index (χ1n) is 7.42. The molecule has 0 aliphatic heterocycles. The van der Waals surface area contributed by atoms with Crippen LogP contribution in [0.5, 0.6) is 0 Å². The fourth-order valence-corrected chi connectivity index (χ4v) is 2.29. The van der Waals surface area contributed by atoms with E-state index in [4.69, 9.17) is 0 Å². The van der Waals surface area contributed by atoms with Crippen molar-refractivity contribution < 1.29 is 9.59 Å². The Morgan fingerprint density at radius 1 is 1.18 bits per heavy atom. The maximum atomic E-state index is 12.3. The van der Waals surface area contributed by atoms with Crippen LogP contribution in [0.2, 0.25) is 0 Å². The second-order valence-corrected chi connectivity index (χ2v) is 5.64. The zero-order valence-electron chi connectivity index (χ0n) is 12.5. The number of benzene rings is 1. The second kappa shape index (κ2) is 6.05. The Kier molecular flexibility index (Phi) is 3.96. The molecule has 3 rings (SSSR count). The molecule has 0 saturated heterocycles. The molecule has 1 aromatic heterocycles. The molecule has 0 radical (unpaired) electrons. The minimum atomic E-state index is -0.148. The first kappa shape index (κ1) is 14.4. The van der Waals surface area contributed by atoms with E-state index < -0.39 is 0 Å². The normalized spacial score (nSPS) is 13.7. The van der Waals surface area contributed by atoms with E-state index in [0.29, 0.717) is 11.6 Å². The molecule has 0 unspecified atom stereocenters. The lowest BCUT2D eigenvalue weighted by Crippen LogP contribution is -2.39. The molecule has 0 spiro atoms. The van der Waals surface area contributed by atoms with E-state index in [0.717, 1.165) is 18.5 Å². The molecule has 1 aliphatic carbocycles. The van der Waals surface area contributed by atoms with Crippen LogP contribution in [0.25, 0.3) is 5.69 Å². The van der Waals surface area contributed by atoms with Crippen molar-refractivity contribution in [3.63, 3.8) is 0 Å². The topological polar surface area (TPSA) is 54.3 Å². The van der Waals surface area contributed by atoms with Gasteiger partial charge >= 0.3 is 0 Å². The number of likely N-dealkylation sites (N-methyl/N-ethyl adjacent to an activating group) is 1. The van der Waals surface area contributed by atoms with Gasteiger partial charge in [0.05, 0.1) is 6.54 Å². The van der Waals surface area contributed by atoms with Gasteiger partial charge in [-0.3, -0.25) is 9.59 Å². The van der Waals surface area contributed by atoms with Crippen LogP contribution < -0.4 is 5.32 Å². The standard InChI is InChI=1S/C17H19N3O2/c1-19(12-16(21)18-14-6-7-14)17(22)13-4-8-15(9-5-13)20-10-2-3-11-20/h2-5,8-11,14H,6-7,12H2,1H3,(H,18,21). The van der Waals surface area contributed by atoms with Crippen LogP contribution in [0.15, 0.2) is 48.8 Å². The lowest BCUT2D eigenvalue weighted by Gasteiger charge is -2.17. The molecular formula is C17H19N3O2. The van der Waals surface area contributed by atoms with E-state index in [-0.39, 0.29) is 18.4 Å². The number of aromatic nitrogens is 1. The van der Waals surface area contributed by atoms with Gasteiger partial charge in [0.1, 0.15) is 0 Å². The summed E-state index contributed by atoms with van der Waals surface area (Å²) in [5.41, 5.74) is 1.58. The van der Waals surface area contributed by atoms with Crippen molar-refractivity contribution in [2.75, 3.05) is 13.6 Å². The smallest absolute Gasteiger partial charge is 0.254 e. The number of carbonyl (C=O) groups excluding carboxylic acids is 2. The summed E-state index contributed by atoms with van der Waals surface area (Å²) in [6, 6.07) is 11.6. The van der Waals surface area contributed by atoms with Gasteiger partial charge in [-0.25, -0.2) is 0 Å². The Bertz CT molecular complexity index is 658. The third kappa shape index (κ3) is 3.36. The van der Waals surface area contributed by atoms with Gasteiger partial charge in [-0.1, -0.05) is 0 Å². The van der Waals surface area contributed by atoms with Gasteiger partial charge in [0.25, 0.3) is 5.91 Å². The molecule has 5 heteroatoms. The summed E-state index contributed by atoms with van der Waals surface area (Å²) < 4.78 is 1.97. The monoisotopic (exact) mass is 297 g/mol. The van der Waals surface area contributed by atoms with Gasteiger partial charge in [-0.15, -0.1) is 0 Å². The predicted octanol–water partition coefficient (Wildman–Crippen LogP) is 1.83. The Hall–Kier alpha value is -2.56. The summed E-state index contributed by atoms with van der Waals surface area (Å²) in [7, 11) is 1.65. The molecule has 2 aromatic rings. The summed E-state index contributed by atoms with van der Waals surface area (Å²) >= 11 is 0.